The molecular weight excluding hydrogens is 382 g/mol. The van der Waals surface area contributed by atoms with E-state index in [1.54, 1.807) is 0 Å². The number of rotatable bonds is 5. The molecule has 4 nitrogen and oxygen atoms in total. The van der Waals surface area contributed by atoms with Crippen LogP contribution in [0.3, 0.4) is 0 Å². The molecule has 1 heterocycles. The van der Waals surface area contributed by atoms with Crippen LogP contribution in [0.2, 0.25) is 5.02 Å². The lowest BCUT2D eigenvalue weighted by Gasteiger charge is -2.27. The smallest absolute Gasteiger partial charge is 0.247 e. The first-order chi connectivity index (χ1) is 14.0. The SMILES string of the molecule is CC(C)N(C(=O)Cn1c(-c2cccc(Cl)c2)nc2ccccc21)c1ccccc1. The molecule has 29 heavy (non-hydrogen) atoms. The molecule has 1 amide bonds. The molecule has 0 radical (unpaired) electrons. The van der Waals surface area contributed by atoms with Crippen LogP contribution >= 0.6 is 11.6 Å². The Morgan fingerprint density at radius 3 is 2.45 bits per heavy atom. The largest absolute Gasteiger partial charge is 0.314 e. The van der Waals surface area contributed by atoms with Crippen LogP contribution in [0.5, 0.6) is 0 Å². The van der Waals surface area contributed by atoms with Gasteiger partial charge >= 0.3 is 0 Å². The minimum atomic E-state index is 0.0117. The highest BCUT2D eigenvalue weighted by Crippen LogP contribution is 2.27. The summed E-state index contributed by atoms with van der Waals surface area (Å²) in [6, 6.07) is 25.2. The molecule has 146 valence electrons. The standard InChI is InChI=1S/C24H22ClN3O/c1-17(2)28(20-11-4-3-5-12-20)23(29)16-27-22-14-7-6-13-21(22)26-24(27)18-9-8-10-19(25)15-18/h3-15,17H,16H2,1-2H3. The summed E-state index contributed by atoms with van der Waals surface area (Å²) in [6.45, 7) is 4.24. The van der Waals surface area contributed by atoms with Crippen LogP contribution in [-0.2, 0) is 11.3 Å². The van der Waals surface area contributed by atoms with E-state index >= 15 is 0 Å². The number of amides is 1. The van der Waals surface area contributed by atoms with E-state index in [2.05, 4.69) is 0 Å². The van der Waals surface area contributed by atoms with Gasteiger partial charge in [0, 0.05) is 22.3 Å². The highest BCUT2D eigenvalue weighted by atomic mass is 35.5. The van der Waals surface area contributed by atoms with E-state index in [0.29, 0.717) is 5.02 Å². The fourth-order valence-corrected chi connectivity index (χ4v) is 3.80. The number of nitrogens with zero attached hydrogens (tertiary/aromatic N) is 3. The van der Waals surface area contributed by atoms with Gasteiger partial charge in [0.1, 0.15) is 12.4 Å². The molecule has 1 aromatic heterocycles. The molecule has 5 heteroatoms. The maximum Gasteiger partial charge on any atom is 0.247 e. The number of benzene rings is 3. The van der Waals surface area contributed by atoms with Crippen LogP contribution in [0.15, 0.2) is 78.9 Å². The summed E-state index contributed by atoms with van der Waals surface area (Å²) in [6.07, 6.45) is 0. The molecule has 0 aliphatic heterocycles. The summed E-state index contributed by atoms with van der Waals surface area (Å²) >= 11 is 6.21. The first-order valence-electron chi connectivity index (χ1n) is 9.63. The molecule has 0 atom stereocenters. The first kappa shape index (κ1) is 19.2. The van der Waals surface area contributed by atoms with Crippen molar-refractivity contribution in [2.75, 3.05) is 4.90 Å². The number of imidazole rings is 1. The number of fused-ring (bicyclic) bond motifs is 1. The second-order valence-electron chi connectivity index (χ2n) is 7.21. The van der Waals surface area contributed by atoms with Crippen molar-refractivity contribution >= 4 is 34.2 Å². The fraction of sp³-hybridized carbons (Fsp3) is 0.167. The van der Waals surface area contributed by atoms with Crippen molar-refractivity contribution < 1.29 is 4.79 Å². The third-order valence-corrected chi connectivity index (χ3v) is 5.09. The minimum absolute atomic E-state index is 0.0117. The van der Waals surface area contributed by atoms with Gasteiger partial charge in [-0.1, -0.05) is 54.1 Å². The predicted molar refractivity (Wildman–Crippen MR) is 119 cm³/mol. The van der Waals surface area contributed by atoms with Gasteiger partial charge in [0.25, 0.3) is 0 Å². The Labute approximate surface area is 175 Å². The molecule has 4 aromatic rings. The second kappa shape index (κ2) is 8.10. The molecule has 0 unspecified atom stereocenters. The molecule has 3 aromatic carbocycles. The van der Waals surface area contributed by atoms with Crippen molar-refractivity contribution in [2.24, 2.45) is 0 Å². The molecule has 0 aliphatic carbocycles. The van der Waals surface area contributed by atoms with Gasteiger partial charge in [0.05, 0.1) is 11.0 Å². The van der Waals surface area contributed by atoms with E-state index in [1.807, 2.05) is 102 Å². The lowest BCUT2D eigenvalue weighted by molar-refractivity contribution is -0.119. The summed E-state index contributed by atoms with van der Waals surface area (Å²) in [5.74, 6) is 0.747. The number of carbonyl (C=O) groups is 1. The van der Waals surface area contributed by atoms with E-state index in [-0.39, 0.29) is 18.5 Å². The van der Waals surface area contributed by atoms with Gasteiger partial charge in [-0.15, -0.1) is 0 Å². The normalized spacial score (nSPS) is 11.2. The van der Waals surface area contributed by atoms with Gasteiger partial charge in [0.2, 0.25) is 5.91 Å². The number of para-hydroxylation sites is 3. The van der Waals surface area contributed by atoms with Crippen LogP contribution in [-0.4, -0.2) is 21.5 Å². The molecule has 0 N–H and O–H groups in total. The molecule has 0 bridgehead atoms. The predicted octanol–water partition coefficient (Wildman–Crippen LogP) is 5.80. The Kier molecular flexibility index (Phi) is 5.36. The van der Waals surface area contributed by atoms with Crippen LogP contribution in [0.25, 0.3) is 22.4 Å². The third kappa shape index (κ3) is 3.89. The highest BCUT2D eigenvalue weighted by Gasteiger charge is 2.22. The number of halogens is 1. The topological polar surface area (TPSA) is 38.1 Å². The van der Waals surface area contributed by atoms with Crippen molar-refractivity contribution in [3.8, 4) is 11.4 Å². The summed E-state index contributed by atoms with van der Waals surface area (Å²) in [4.78, 5) is 20.0. The number of hydrogen-bond donors (Lipinski definition) is 0. The highest BCUT2D eigenvalue weighted by molar-refractivity contribution is 6.30. The van der Waals surface area contributed by atoms with Crippen molar-refractivity contribution in [2.45, 2.75) is 26.4 Å². The lowest BCUT2D eigenvalue weighted by atomic mass is 10.2. The Morgan fingerprint density at radius 2 is 1.72 bits per heavy atom. The van der Waals surface area contributed by atoms with Gasteiger partial charge in [-0.2, -0.15) is 0 Å². The van der Waals surface area contributed by atoms with Gasteiger partial charge in [-0.05, 0) is 50.2 Å². The van der Waals surface area contributed by atoms with Crippen molar-refractivity contribution in [1.29, 1.82) is 0 Å². The lowest BCUT2D eigenvalue weighted by Crippen LogP contribution is -2.39. The van der Waals surface area contributed by atoms with E-state index in [1.165, 1.54) is 0 Å². The maximum atomic E-state index is 13.4. The zero-order valence-corrected chi connectivity index (χ0v) is 17.2. The van der Waals surface area contributed by atoms with Crippen LogP contribution in [0, 0.1) is 0 Å². The van der Waals surface area contributed by atoms with Crippen LogP contribution in [0.4, 0.5) is 5.69 Å². The van der Waals surface area contributed by atoms with Crippen molar-refractivity contribution in [1.82, 2.24) is 9.55 Å². The second-order valence-corrected chi connectivity index (χ2v) is 7.65. The van der Waals surface area contributed by atoms with E-state index in [0.717, 1.165) is 28.1 Å². The van der Waals surface area contributed by atoms with Crippen LogP contribution in [0.1, 0.15) is 13.8 Å². The van der Waals surface area contributed by atoms with Gasteiger partial charge in [0.15, 0.2) is 0 Å². The summed E-state index contributed by atoms with van der Waals surface area (Å²) in [7, 11) is 0. The first-order valence-corrected chi connectivity index (χ1v) is 10.0. The Balaban J connectivity index is 1.79. The Morgan fingerprint density at radius 1 is 1.00 bits per heavy atom. The van der Waals surface area contributed by atoms with Crippen LogP contribution < -0.4 is 4.90 Å². The number of aromatic nitrogens is 2. The number of hydrogen-bond acceptors (Lipinski definition) is 2. The van der Waals surface area contributed by atoms with E-state index in [9.17, 15) is 4.79 Å². The van der Waals surface area contributed by atoms with Gasteiger partial charge in [-0.3, -0.25) is 4.79 Å². The average molecular weight is 404 g/mol. The molecule has 0 saturated heterocycles. The zero-order chi connectivity index (χ0) is 20.4. The van der Waals surface area contributed by atoms with Crippen molar-refractivity contribution in [3.63, 3.8) is 0 Å². The summed E-state index contributed by atoms with van der Waals surface area (Å²) < 4.78 is 1.97. The summed E-state index contributed by atoms with van der Waals surface area (Å²) in [5, 5.41) is 0.639. The van der Waals surface area contributed by atoms with Gasteiger partial charge in [-0.25, -0.2) is 4.98 Å². The molecule has 0 saturated carbocycles. The number of anilines is 1. The monoisotopic (exact) mass is 403 g/mol. The zero-order valence-electron chi connectivity index (χ0n) is 16.4. The molecule has 0 aliphatic rings. The quantitative estimate of drug-likeness (QED) is 0.422. The number of carbonyl (C=O) groups excluding carboxylic acids is 1. The molecule has 0 fully saturated rings. The van der Waals surface area contributed by atoms with E-state index < -0.39 is 0 Å². The molecule has 0 spiro atoms. The third-order valence-electron chi connectivity index (χ3n) is 4.85. The Hall–Kier alpha value is -3.11. The molecule has 4 rings (SSSR count). The maximum absolute atomic E-state index is 13.4. The molecular formula is C24H22ClN3O. The van der Waals surface area contributed by atoms with E-state index in [4.69, 9.17) is 16.6 Å². The average Bonchev–Trinajstić information content (AvgIpc) is 3.07. The van der Waals surface area contributed by atoms with Crippen molar-refractivity contribution in [3.05, 3.63) is 83.9 Å². The van der Waals surface area contributed by atoms with Gasteiger partial charge < -0.3 is 9.47 Å². The fourth-order valence-electron chi connectivity index (χ4n) is 3.61. The minimum Gasteiger partial charge on any atom is -0.314 e. The summed E-state index contributed by atoms with van der Waals surface area (Å²) in [5.41, 5.74) is 3.55. The Bertz CT molecular complexity index is 1150.